The highest BCUT2D eigenvalue weighted by molar-refractivity contribution is 5.75. The average molecular weight is 250 g/mol. The van der Waals surface area contributed by atoms with E-state index in [-0.39, 0.29) is 18.1 Å². The zero-order chi connectivity index (χ0) is 13.7. The molecule has 1 aromatic rings. The van der Waals surface area contributed by atoms with E-state index in [1.807, 2.05) is 31.2 Å². The molecule has 1 atom stereocenters. The monoisotopic (exact) mass is 250 g/mol. The van der Waals surface area contributed by atoms with Crippen molar-refractivity contribution in [3.8, 4) is 0 Å². The van der Waals surface area contributed by atoms with Crippen molar-refractivity contribution >= 4 is 11.7 Å². The predicted molar refractivity (Wildman–Crippen MR) is 73.0 cm³/mol. The third kappa shape index (κ3) is 3.74. The summed E-state index contributed by atoms with van der Waals surface area (Å²) in [5.41, 5.74) is 7.60. The maximum absolute atomic E-state index is 11.6. The van der Waals surface area contributed by atoms with E-state index in [4.69, 9.17) is 10.5 Å². The van der Waals surface area contributed by atoms with E-state index in [9.17, 15) is 4.79 Å². The lowest BCUT2D eigenvalue weighted by molar-refractivity contribution is -0.147. The van der Waals surface area contributed by atoms with Gasteiger partial charge in [0.2, 0.25) is 0 Å². The van der Waals surface area contributed by atoms with Crippen LogP contribution in [0.2, 0.25) is 0 Å². The molecule has 0 spiro atoms. The molecule has 0 fully saturated rings. The van der Waals surface area contributed by atoms with Gasteiger partial charge in [0.1, 0.15) is 6.04 Å². The molecule has 2 N–H and O–H groups in total. The van der Waals surface area contributed by atoms with Crippen LogP contribution >= 0.6 is 0 Å². The lowest BCUT2D eigenvalue weighted by atomic mass is 10.1. The standard InChI is InChI=1S/C14H22N2O2/c1-10(2)16(11(3)14(17)18-4)9-12-6-5-7-13(15)8-12/h5-8,10-11H,9,15H2,1-4H3. The summed E-state index contributed by atoms with van der Waals surface area (Å²) in [5.74, 6) is -0.215. The molecule has 0 aliphatic rings. The minimum Gasteiger partial charge on any atom is -0.468 e. The van der Waals surface area contributed by atoms with E-state index in [2.05, 4.69) is 18.7 Å². The Morgan fingerprint density at radius 1 is 1.39 bits per heavy atom. The minimum atomic E-state index is -0.267. The highest BCUT2D eigenvalue weighted by atomic mass is 16.5. The summed E-state index contributed by atoms with van der Waals surface area (Å²) in [7, 11) is 1.41. The number of anilines is 1. The quantitative estimate of drug-likeness (QED) is 0.642. The normalized spacial score (nSPS) is 12.8. The number of hydrogen-bond donors (Lipinski definition) is 1. The largest absolute Gasteiger partial charge is 0.468 e. The highest BCUT2D eigenvalue weighted by Gasteiger charge is 2.24. The van der Waals surface area contributed by atoms with Gasteiger partial charge in [-0.3, -0.25) is 9.69 Å². The molecular formula is C14H22N2O2. The van der Waals surface area contributed by atoms with Crippen LogP contribution in [0.5, 0.6) is 0 Å². The number of nitrogens with two attached hydrogens (primary N) is 1. The summed E-state index contributed by atoms with van der Waals surface area (Å²) >= 11 is 0. The Balaban J connectivity index is 2.84. The zero-order valence-electron chi connectivity index (χ0n) is 11.5. The molecule has 0 bridgehead atoms. The van der Waals surface area contributed by atoms with Gasteiger partial charge in [-0.2, -0.15) is 0 Å². The smallest absolute Gasteiger partial charge is 0.322 e. The van der Waals surface area contributed by atoms with Gasteiger partial charge in [0.15, 0.2) is 0 Å². The molecule has 1 rings (SSSR count). The number of rotatable bonds is 5. The van der Waals surface area contributed by atoms with Crippen LogP contribution in [0, 0.1) is 0 Å². The maximum Gasteiger partial charge on any atom is 0.322 e. The Kier molecular flexibility index (Phi) is 5.16. The van der Waals surface area contributed by atoms with Crippen molar-refractivity contribution in [1.82, 2.24) is 4.90 Å². The zero-order valence-corrected chi connectivity index (χ0v) is 11.5. The van der Waals surface area contributed by atoms with E-state index in [1.165, 1.54) is 7.11 Å². The molecule has 0 radical (unpaired) electrons. The Hall–Kier alpha value is -1.55. The van der Waals surface area contributed by atoms with E-state index in [0.29, 0.717) is 6.54 Å². The fourth-order valence-corrected chi connectivity index (χ4v) is 1.97. The number of hydrogen-bond acceptors (Lipinski definition) is 4. The van der Waals surface area contributed by atoms with Crippen LogP contribution in [0.15, 0.2) is 24.3 Å². The molecule has 0 heterocycles. The van der Waals surface area contributed by atoms with Crippen molar-refractivity contribution in [1.29, 1.82) is 0 Å². The van der Waals surface area contributed by atoms with E-state index in [0.717, 1.165) is 11.3 Å². The number of methoxy groups -OCH3 is 1. The Bertz CT molecular complexity index is 405. The summed E-state index contributed by atoms with van der Waals surface area (Å²) in [6.45, 7) is 6.66. The molecule has 0 amide bonds. The third-order valence-corrected chi connectivity index (χ3v) is 3.02. The van der Waals surface area contributed by atoms with Gasteiger partial charge in [-0.1, -0.05) is 12.1 Å². The molecular weight excluding hydrogens is 228 g/mol. The van der Waals surface area contributed by atoms with Gasteiger partial charge in [0, 0.05) is 18.3 Å². The van der Waals surface area contributed by atoms with Crippen molar-refractivity contribution < 1.29 is 9.53 Å². The molecule has 1 unspecified atom stereocenters. The van der Waals surface area contributed by atoms with Gasteiger partial charge in [-0.05, 0) is 38.5 Å². The molecule has 0 saturated heterocycles. The Morgan fingerprint density at radius 3 is 2.56 bits per heavy atom. The first-order valence-corrected chi connectivity index (χ1v) is 6.13. The van der Waals surface area contributed by atoms with E-state index < -0.39 is 0 Å². The van der Waals surface area contributed by atoms with Crippen LogP contribution in [0.4, 0.5) is 5.69 Å². The molecule has 18 heavy (non-hydrogen) atoms. The topological polar surface area (TPSA) is 55.6 Å². The molecule has 0 saturated carbocycles. The van der Waals surface area contributed by atoms with Crippen molar-refractivity contribution in [3.05, 3.63) is 29.8 Å². The fourth-order valence-electron chi connectivity index (χ4n) is 1.97. The maximum atomic E-state index is 11.6. The third-order valence-electron chi connectivity index (χ3n) is 3.02. The molecule has 100 valence electrons. The molecule has 0 aromatic heterocycles. The van der Waals surface area contributed by atoms with E-state index >= 15 is 0 Å². The lowest BCUT2D eigenvalue weighted by Gasteiger charge is -2.31. The second kappa shape index (κ2) is 6.40. The van der Waals surface area contributed by atoms with Crippen LogP contribution in [-0.2, 0) is 16.1 Å². The molecule has 0 aliphatic carbocycles. The first kappa shape index (κ1) is 14.5. The van der Waals surface area contributed by atoms with Gasteiger partial charge in [-0.25, -0.2) is 0 Å². The summed E-state index contributed by atoms with van der Waals surface area (Å²) in [6.07, 6.45) is 0. The molecule has 4 nitrogen and oxygen atoms in total. The molecule has 4 heteroatoms. The number of carbonyl (C=O) groups excluding carboxylic acids is 1. The van der Waals surface area contributed by atoms with Gasteiger partial charge in [0.25, 0.3) is 0 Å². The first-order chi connectivity index (χ1) is 8.45. The van der Waals surface area contributed by atoms with Crippen LogP contribution in [0.25, 0.3) is 0 Å². The number of nitrogens with zero attached hydrogens (tertiary/aromatic N) is 1. The van der Waals surface area contributed by atoms with Crippen LogP contribution in [0.1, 0.15) is 26.3 Å². The van der Waals surface area contributed by atoms with Gasteiger partial charge in [-0.15, -0.1) is 0 Å². The number of esters is 1. The highest BCUT2D eigenvalue weighted by Crippen LogP contribution is 2.15. The SMILES string of the molecule is COC(=O)C(C)N(Cc1cccc(N)c1)C(C)C. The van der Waals surface area contributed by atoms with Gasteiger partial charge < -0.3 is 10.5 Å². The van der Waals surface area contributed by atoms with E-state index in [1.54, 1.807) is 0 Å². The molecule has 1 aromatic carbocycles. The fraction of sp³-hybridized carbons (Fsp3) is 0.500. The molecule has 0 aliphatic heterocycles. The Morgan fingerprint density at radius 2 is 2.06 bits per heavy atom. The summed E-state index contributed by atoms with van der Waals surface area (Å²) in [4.78, 5) is 13.7. The van der Waals surface area contributed by atoms with Crippen molar-refractivity contribution in [2.75, 3.05) is 12.8 Å². The lowest BCUT2D eigenvalue weighted by Crippen LogP contribution is -2.43. The van der Waals surface area contributed by atoms with Gasteiger partial charge >= 0.3 is 5.97 Å². The Labute approximate surface area is 109 Å². The average Bonchev–Trinajstić information content (AvgIpc) is 2.34. The summed E-state index contributed by atoms with van der Waals surface area (Å²) in [6, 6.07) is 7.70. The second-order valence-electron chi connectivity index (χ2n) is 4.71. The number of carbonyl (C=O) groups is 1. The minimum absolute atomic E-state index is 0.215. The van der Waals surface area contributed by atoms with Crippen LogP contribution < -0.4 is 5.73 Å². The van der Waals surface area contributed by atoms with Crippen molar-refractivity contribution in [2.45, 2.75) is 39.4 Å². The predicted octanol–water partition coefficient (Wildman–Crippen LogP) is 2.04. The summed E-state index contributed by atoms with van der Waals surface area (Å²) < 4.78 is 4.80. The second-order valence-corrected chi connectivity index (χ2v) is 4.71. The van der Waals surface area contributed by atoms with Crippen LogP contribution in [0.3, 0.4) is 0 Å². The summed E-state index contributed by atoms with van der Waals surface area (Å²) in [5, 5.41) is 0. The number of ether oxygens (including phenoxy) is 1. The van der Waals surface area contributed by atoms with Crippen molar-refractivity contribution in [3.63, 3.8) is 0 Å². The number of nitrogen functional groups attached to an aromatic ring is 1. The van der Waals surface area contributed by atoms with Crippen molar-refractivity contribution in [2.24, 2.45) is 0 Å². The van der Waals surface area contributed by atoms with Crippen LogP contribution in [-0.4, -0.2) is 30.1 Å². The van der Waals surface area contributed by atoms with Gasteiger partial charge in [0.05, 0.1) is 7.11 Å². The number of benzene rings is 1. The first-order valence-electron chi connectivity index (χ1n) is 6.13.